The van der Waals surface area contributed by atoms with Gasteiger partial charge in [0.05, 0.1) is 13.2 Å². The summed E-state index contributed by atoms with van der Waals surface area (Å²) in [6, 6.07) is 0. The van der Waals surface area contributed by atoms with Crippen molar-refractivity contribution in [3.63, 3.8) is 0 Å². The third-order valence-corrected chi connectivity index (χ3v) is 8.18. The van der Waals surface area contributed by atoms with E-state index in [1.165, 1.54) is 0 Å². The van der Waals surface area contributed by atoms with Crippen molar-refractivity contribution >= 4 is 90.4 Å². The summed E-state index contributed by atoms with van der Waals surface area (Å²) in [5, 5.41) is 17.7. The van der Waals surface area contributed by atoms with Gasteiger partial charge in [-0.3, -0.25) is 0 Å². The second kappa shape index (κ2) is 7.59. The van der Waals surface area contributed by atoms with Gasteiger partial charge in [0.2, 0.25) is 0 Å². The SMILES string of the molecule is OC/C(I)=C(I)/C(I)=C(\I)CO. The molecule has 0 saturated carbocycles. The number of aliphatic hydroxyl groups excluding tert-OH is 2. The summed E-state index contributed by atoms with van der Waals surface area (Å²) < 4.78 is 3.82. The lowest BCUT2D eigenvalue weighted by atomic mass is 10.4. The number of aliphatic hydroxyl groups is 2. The summed E-state index contributed by atoms with van der Waals surface area (Å²) in [5.74, 6) is 0. The highest BCUT2D eigenvalue weighted by atomic mass is 127. The van der Waals surface area contributed by atoms with Gasteiger partial charge >= 0.3 is 0 Å². The first-order valence-electron chi connectivity index (χ1n) is 2.85. The Morgan fingerprint density at radius 3 is 1.17 bits per heavy atom. The highest BCUT2D eigenvalue weighted by molar-refractivity contribution is 14.1. The van der Waals surface area contributed by atoms with E-state index in [4.69, 9.17) is 10.2 Å². The quantitative estimate of drug-likeness (QED) is 0.378. The molecule has 0 aliphatic heterocycles. The van der Waals surface area contributed by atoms with Crippen molar-refractivity contribution in [1.82, 2.24) is 0 Å². The molecule has 0 amide bonds. The molecule has 0 spiro atoms. The van der Waals surface area contributed by atoms with Crippen molar-refractivity contribution in [3.8, 4) is 0 Å². The van der Waals surface area contributed by atoms with E-state index in [0.29, 0.717) is 0 Å². The van der Waals surface area contributed by atoms with Crippen LogP contribution in [-0.4, -0.2) is 23.4 Å². The van der Waals surface area contributed by atoms with Crippen molar-refractivity contribution in [3.05, 3.63) is 14.3 Å². The van der Waals surface area contributed by atoms with Gasteiger partial charge in [0.1, 0.15) is 0 Å². The Hall–Kier alpha value is 2.32. The largest absolute Gasteiger partial charge is 0.391 e. The second-order valence-corrected chi connectivity index (χ2v) is 6.52. The molecule has 0 aromatic rings. The fraction of sp³-hybridized carbons (Fsp3) is 0.333. The van der Waals surface area contributed by atoms with E-state index in [0.717, 1.165) is 14.3 Å². The maximum atomic E-state index is 8.85. The van der Waals surface area contributed by atoms with Crippen LogP contribution in [0.25, 0.3) is 0 Å². The highest BCUT2D eigenvalue weighted by Crippen LogP contribution is 2.34. The Kier molecular flexibility index (Phi) is 9.06. The van der Waals surface area contributed by atoms with Gasteiger partial charge < -0.3 is 10.2 Å². The molecule has 12 heavy (non-hydrogen) atoms. The Bertz CT molecular complexity index is 198. The summed E-state index contributed by atoms with van der Waals surface area (Å²) in [4.78, 5) is 0. The lowest BCUT2D eigenvalue weighted by molar-refractivity contribution is 0.339. The Morgan fingerprint density at radius 2 is 1.00 bits per heavy atom. The normalized spacial score (nSPS) is 15.5. The maximum Gasteiger partial charge on any atom is 0.0749 e. The zero-order valence-electron chi connectivity index (χ0n) is 5.82. The van der Waals surface area contributed by atoms with Gasteiger partial charge in [0.25, 0.3) is 0 Å². The van der Waals surface area contributed by atoms with E-state index in [9.17, 15) is 0 Å². The summed E-state index contributed by atoms with van der Waals surface area (Å²) in [5.41, 5.74) is 0. The fourth-order valence-corrected chi connectivity index (χ4v) is 2.94. The third kappa shape index (κ3) is 4.70. The second-order valence-electron chi connectivity index (χ2n) is 1.75. The molecule has 0 aliphatic carbocycles. The van der Waals surface area contributed by atoms with Gasteiger partial charge in [0, 0.05) is 14.3 Å². The standard InChI is InChI=1S/C6H6I4O2/c7-3(1-11)5(9)6(10)4(8)2-12/h11-12H,1-2H2/b5-3+,6-4+. The molecule has 70 valence electrons. The van der Waals surface area contributed by atoms with E-state index in [1.54, 1.807) is 0 Å². The number of rotatable bonds is 3. The monoisotopic (exact) mass is 618 g/mol. The Morgan fingerprint density at radius 1 is 0.750 bits per heavy atom. The zero-order valence-corrected chi connectivity index (χ0v) is 14.5. The van der Waals surface area contributed by atoms with Crippen LogP contribution in [0.2, 0.25) is 0 Å². The smallest absolute Gasteiger partial charge is 0.0749 e. The van der Waals surface area contributed by atoms with Gasteiger partial charge in [-0.2, -0.15) is 0 Å². The van der Waals surface area contributed by atoms with Gasteiger partial charge in [-0.25, -0.2) is 0 Å². The molecule has 6 heteroatoms. The molecule has 0 aliphatic rings. The topological polar surface area (TPSA) is 40.5 Å². The average Bonchev–Trinajstić information content (AvgIpc) is 2.12. The van der Waals surface area contributed by atoms with Crippen molar-refractivity contribution in [2.24, 2.45) is 0 Å². The molecule has 2 N–H and O–H groups in total. The van der Waals surface area contributed by atoms with Gasteiger partial charge in [-0.05, 0) is 90.4 Å². The molecule has 0 bridgehead atoms. The molecule has 0 aromatic carbocycles. The minimum atomic E-state index is 0.0562. The molecule has 0 radical (unpaired) electrons. The molecule has 0 saturated heterocycles. The van der Waals surface area contributed by atoms with E-state index in [2.05, 4.69) is 90.4 Å². The number of hydrogen-bond acceptors (Lipinski definition) is 2. The first-order chi connectivity index (χ1) is 5.54. The molecular formula is C6H6I4O2. The van der Waals surface area contributed by atoms with Crippen LogP contribution in [-0.2, 0) is 0 Å². The third-order valence-electron chi connectivity index (χ3n) is 0.947. The van der Waals surface area contributed by atoms with E-state index < -0.39 is 0 Å². The van der Waals surface area contributed by atoms with Crippen molar-refractivity contribution in [2.75, 3.05) is 13.2 Å². The molecule has 0 rings (SSSR count). The maximum absolute atomic E-state index is 8.85. The van der Waals surface area contributed by atoms with Crippen LogP contribution in [0.3, 0.4) is 0 Å². The van der Waals surface area contributed by atoms with Gasteiger partial charge in [-0.1, -0.05) is 0 Å². The minimum absolute atomic E-state index is 0.0562. The van der Waals surface area contributed by atoms with Crippen LogP contribution >= 0.6 is 90.4 Å². The fourth-order valence-electron chi connectivity index (χ4n) is 0.377. The Labute approximate surface area is 126 Å². The van der Waals surface area contributed by atoms with E-state index in [1.807, 2.05) is 0 Å². The number of halogens is 4. The van der Waals surface area contributed by atoms with Crippen LogP contribution in [0, 0.1) is 0 Å². The van der Waals surface area contributed by atoms with Crippen molar-refractivity contribution in [1.29, 1.82) is 0 Å². The van der Waals surface area contributed by atoms with Crippen LogP contribution in [0.4, 0.5) is 0 Å². The zero-order chi connectivity index (χ0) is 9.72. The number of allylic oxidation sites excluding steroid dienone is 2. The molecule has 0 aromatic heterocycles. The van der Waals surface area contributed by atoms with Crippen LogP contribution in [0.1, 0.15) is 0 Å². The van der Waals surface area contributed by atoms with E-state index in [-0.39, 0.29) is 13.2 Å². The first kappa shape index (κ1) is 14.3. The summed E-state index contributed by atoms with van der Waals surface area (Å²) in [7, 11) is 0. The number of hydrogen-bond donors (Lipinski definition) is 2. The predicted molar refractivity (Wildman–Crippen MR) is 84.3 cm³/mol. The lowest BCUT2D eigenvalue weighted by Gasteiger charge is -2.03. The summed E-state index contributed by atoms with van der Waals surface area (Å²) in [6.07, 6.45) is 0. The van der Waals surface area contributed by atoms with E-state index >= 15 is 0 Å². The van der Waals surface area contributed by atoms with Crippen LogP contribution in [0.5, 0.6) is 0 Å². The molecular weight excluding hydrogens is 612 g/mol. The first-order valence-corrected chi connectivity index (χ1v) is 7.16. The average molecular weight is 618 g/mol. The lowest BCUT2D eigenvalue weighted by Crippen LogP contribution is -1.89. The van der Waals surface area contributed by atoms with Crippen molar-refractivity contribution in [2.45, 2.75) is 0 Å². The summed E-state index contributed by atoms with van der Waals surface area (Å²) >= 11 is 8.52. The van der Waals surface area contributed by atoms with Gasteiger partial charge in [-0.15, -0.1) is 0 Å². The highest BCUT2D eigenvalue weighted by Gasteiger charge is 2.07. The predicted octanol–water partition coefficient (Wildman–Crippen LogP) is 3.13. The molecule has 0 atom stereocenters. The van der Waals surface area contributed by atoms with Crippen LogP contribution in [0.15, 0.2) is 14.3 Å². The Balaban J connectivity index is 4.82. The van der Waals surface area contributed by atoms with Crippen LogP contribution < -0.4 is 0 Å². The molecule has 0 heterocycles. The van der Waals surface area contributed by atoms with Gasteiger partial charge in [0.15, 0.2) is 0 Å². The summed E-state index contributed by atoms with van der Waals surface area (Å²) in [6.45, 7) is 0.112. The van der Waals surface area contributed by atoms with Crippen molar-refractivity contribution < 1.29 is 10.2 Å². The molecule has 0 unspecified atom stereocenters. The molecule has 0 fully saturated rings. The molecule has 2 nitrogen and oxygen atoms in total. The minimum Gasteiger partial charge on any atom is -0.391 e.